The second-order valence-corrected chi connectivity index (χ2v) is 3.01. The van der Waals surface area contributed by atoms with Gasteiger partial charge in [-0.15, -0.1) is 0 Å². The summed E-state index contributed by atoms with van der Waals surface area (Å²) in [5, 5.41) is 0. The molecule has 0 amide bonds. The molecule has 0 heterocycles. The van der Waals surface area contributed by atoms with Gasteiger partial charge in [-0.05, 0) is 18.6 Å². The van der Waals surface area contributed by atoms with E-state index in [9.17, 15) is 0 Å². The van der Waals surface area contributed by atoms with Crippen LogP contribution >= 0.6 is 15.9 Å². The van der Waals surface area contributed by atoms with E-state index in [2.05, 4.69) is 29.1 Å². The molecule has 1 unspecified atom stereocenters. The van der Waals surface area contributed by atoms with Crippen LogP contribution in [0.25, 0.3) is 0 Å². The lowest BCUT2D eigenvalue weighted by Gasteiger charge is -2.02. The predicted octanol–water partition coefficient (Wildman–Crippen LogP) is 2.35. The molecule has 0 aliphatic heterocycles. The monoisotopic (exact) mass is 201 g/mol. The molecule has 0 aromatic carbocycles. The lowest BCUT2D eigenvalue weighted by Crippen LogP contribution is -2.15. The van der Waals surface area contributed by atoms with Crippen molar-refractivity contribution in [3.8, 4) is 0 Å². The van der Waals surface area contributed by atoms with E-state index in [1.165, 1.54) is 0 Å². The van der Waals surface area contributed by atoms with E-state index in [-0.39, 0.29) is 6.04 Å². The highest BCUT2D eigenvalue weighted by Crippen LogP contribution is 2.10. The maximum atomic E-state index is 5.54. The minimum absolute atomic E-state index is 0.00694. The number of allylic oxidation sites excluding steroid dienone is 2. The Bertz CT molecular complexity index is 168. The zero-order chi connectivity index (χ0) is 8.15. The van der Waals surface area contributed by atoms with Crippen molar-refractivity contribution in [2.75, 3.05) is 0 Å². The van der Waals surface area contributed by atoms with Crippen LogP contribution in [0.4, 0.5) is 0 Å². The van der Waals surface area contributed by atoms with Crippen molar-refractivity contribution in [2.24, 2.45) is 5.73 Å². The number of hydrogen-bond acceptors (Lipinski definition) is 1. The Morgan fingerprint density at radius 2 is 2.20 bits per heavy atom. The van der Waals surface area contributed by atoms with Gasteiger partial charge in [-0.1, -0.05) is 35.2 Å². The first-order valence-corrected chi connectivity index (χ1v) is 3.81. The van der Waals surface area contributed by atoms with Gasteiger partial charge in [0.2, 0.25) is 0 Å². The van der Waals surface area contributed by atoms with Gasteiger partial charge in [-0.3, -0.25) is 0 Å². The molecular formula is C8H12BrN. The lowest BCUT2D eigenvalue weighted by atomic mass is 10.1. The molecule has 0 aliphatic rings. The summed E-state index contributed by atoms with van der Waals surface area (Å²) < 4.78 is 0.912. The summed E-state index contributed by atoms with van der Waals surface area (Å²) in [5.74, 6) is 0. The second-order valence-electron chi connectivity index (χ2n) is 2.10. The van der Waals surface area contributed by atoms with E-state index in [0.29, 0.717) is 0 Å². The van der Waals surface area contributed by atoms with Gasteiger partial charge in [0.25, 0.3) is 0 Å². The van der Waals surface area contributed by atoms with E-state index in [1.54, 1.807) is 6.08 Å². The van der Waals surface area contributed by atoms with Crippen LogP contribution < -0.4 is 5.73 Å². The Balaban J connectivity index is 4.13. The van der Waals surface area contributed by atoms with Gasteiger partial charge in [-0.25, -0.2) is 0 Å². The topological polar surface area (TPSA) is 26.0 Å². The molecule has 0 spiro atoms. The fourth-order valence-electron chi connectivity index (χ4n) is 0.367. The smallest absolute Gasteiger partial charge is 0.0260 e. The fourth-order valence-corrected chi connectivity index (χ4v) is 0.662. The molecule has 0 rings (SSSR count). The van der Waals surface area contributed by atoms with Crippen LogP contribution in [0.1, 0.15) is 6.92 Å². The summed E-state index contributed by atoms with van der Waals surface area (Å²) in [7, 11) is 0. The zero-order valence-corrected chi connectivity index (χ0v) is 7.69. The molecule has 2 heteroatoms. The van der Waals surface area contributed by atoms with Crippen molar-refractivity contribution >= 4 is 15.9 Å². The minimum Gasteiger partial charge on any atom is -0.324 e. The summed E-state index contributed by atoms with van der Waals surface area (Å²) in [6.07, 6.45) is 3.56. The summed E-state index contributed by atoms with van der Waals surface area (Å²) in [6, 6.07) is 0.00694. The minimum atomic E-state index is 0.00694. The van der Waals surface area contributed by atoms with Crippen LogP contribution in [0, 0.1) is 0 Å². The third-order valence-corrected chi connectivity index (χ3v) is 1.66. The number of hydrogen-bond donors (Lipinski definition) is 1. The van der Waals surface area contributed by atoms with E-state index in [4.69, 9.17) is 5.73 Å². The first-order valence-electron chi connectivity index (χ1n) is 3.02. The van der Waals surface area contributed by atoms with Crippen molar-refractivity contribution in [3.05, 3.63) is 35.4 Å². The number of rotatable bonds is 3. The predicted molar refractivity (Wildman–Crippen MR) is 50.0 cm³/mol. The van der Waals surface area contributed by atoms with Crippen LogP contribution in [0.3, 0.4) is 0 Å². The first-order chi connectivity index (χ1) is 4.57. The molecule has 0 aliphatic carbocycles. The normalized spacial score (nSPS) is 14.5. The molecule has 0 bridgehead atoms. The quantitative estimate of drug-likeness (QED) is 0.698. The molecule has 10 heavy (non-hydrogen) atoms. The molecule has 56 valence electrons. The van der Waals surface area contributed by atoms with Crippen molar-refractivity contribution in [2.45, 2.75) is 13.0 Å². The highest BCUT2D eigenvalue weighted by atomic mass is 79.9. The second kappa shape index (κ2) is 4.47. The first kappa shape index (κ1) is 9.66. The van der Waals surface area contributed by atoms with Gasteiger partial charge in [0.05, 0.1) is 0 Å². The van der Waals surface area contributed by atoms with Gasteiger partial charge in [0, 0.05) is 10.5 Å². The molecular weight excluding hydrogens is 190 g/mol. The van der Waals surface area contributed by atoms with Gasteiger partial charge in [0.15, 0.2) is 0 Å². The highest BCUT2D eigenvalue weighted by molar-refractivity contribution is 9.11. The summed E-state index contributed by atoms with van der Waals surface area (Å²) in [6.45, 7) is 9.23. The van der Waals surface area contributed by atoms with Crippen LogP contribution in [-0.2, 0) is 0 Å². The molecule has 0 aromatic heterocycles. The van der Waals surface area contributed by atoms with Crippen molar-refractivity contribution in [1.29, 1.82) is 0 Å². The molecule has 0 saturated heterocycles. The van der Waals surface area contributed by atoms with E-state index >= 15 is 0 Å². The van der Waals surface area contributed by atoms with E-state index in [0.717, 1.165) is 10.1 Å². The van der Waals surface area contributed by atoms with Crippen molar-refractivity contribution in [1.82, 2.24) is 0 Å². The average Bonchev–Trinajstić information content (AvgIpc) is 1.87. The molecule has 1 nitrogen and oxygen atoms in total. The van der Waals surface area contributed by atoms with E-state index in [1.807, 2.05) is 13.0 Å². The summed E-state index contributed by atoms with van der Waals surface area (Å²) >= 11 is 3.27. The van der Waals surface area contributed by atoms with Gasteiger partial charge >= 0.3 is 0 Å². The summed E-state index contributed by atoms with van der Waals surface area (Å²) in [4.78, 5) is 0. The molecule has 0 aromatic rings. The summed E-state index contributed by atoms with van der Waals surface area (Å²) in [5.41, 5.74) is 6.43. The Hall–Kier alpha value is -0.340. The molecule has 0 radical (unpaired) electrons. The standard InChI is InChI=1S/C8H12BrN/c1-4-8(9)5-6(2)7(3)10/h4-5,7H,1-2,10H2,3H3/b8-5+. The van der Waals surface area contributed by atoms with Crippen LogP contribution in [0.15, 0.2) is 35.4 Å². The molecule has 1 atom stereocenters. The number of nitrogens with two attached hydrogens (primary N) is 1. The lowest BCUT2D eigenvalue weighted by molar-refractivity contribution is 0.889. The third-order valence-electron chi connectivity index (χ3n) is 1.10. The van der Waals surface area contributed by atoms with Crippen molar-refractivity contribution < 1.29 is 0 Å². The maximum Gasteiger partial charge on any atom is 0.0260 e. The SMILES string of the molecule is C=C/C(Br)=C\C(=C)C(C)N. The van der Waals surface area contributed by atoms with Crippen LogP contribution in [0.2, 0.25) is 0 Å². The maximum absolute atomic E-state index is 5.54. The van der Waals surface area contributed by atoms with Crippen molar-refractivity contribution in [3.63, 3.8) is 0 Å². The molecule has 2 N–H and O–H groups in total. The zero-order valence-electron chi connectivity index (χ0n) is 6.10. The van der Waals surface area contributed by atoms with E-state index < -0.39 is 0 Å². The Kier molecular flexibility index (Phi) is 4.32. The van der Waals surface area contributed by atoms with Gasteiger partial charge < -0.3 is 5.73 Å². The van der Waals surface area contributed by atoms with Gasteiger partial charge in [-0.2, -0.15) is 0 Å². The van der Waals surface area contributed by atoms with Gasteiger partial charge in [0.1, 0.15) is 0 Å². The Morgan fingerprint density at radius 1 is 1.70 bits per heavy atom. The molecule has 0 saturated carbocycles. The molecule has 0 fully saturated rings. The van der Waals surface area contributed by atoms with Crippen LogP contribution in [0.5, 0.6) is 0 Å². The average molecular weight is 202 g/mol. The third kappa shape index (κ3) is 3.64. The fraction of sp³-hybridized carbons (Fsp3) is 0.250. The largest absolute Gasteiger partial charge is 0.324 e. The Morgan fingerprint density at radius 3 is 2.50 bits per heavy atom. The highest BCUT2D eigenvalue weighted by Gasteiger charge is 1.95. The number of halogens is 1. The Labute approximate surface area is 70.4 Å². The van der Waals surface area contributed by atoms with Crippen LogP contribution in [-0.4, -0.2) is 6.04 Å².